The van der Waals surface area contributed by atoms with Crippen LogP contribution in [0.1, 0.15) is 48.1 Å². The summed E-state index contributed by atoms with van der Waals surface area (Å²) in [5, 5.41) is 3.10. The predicted molar refractivity (Wildman–Crippen MR) is 145 cm³/mol. The number of carbonyl (C=O) groups excluding carboxylic acids is 2. The van der Waals surface area contributed by atoms with Gasteiger partial charge in [0.2, 0.25) is 5.91 Å². The molecule has 3 aromatic carbocycles. The zero-order valence-corrected chi connectivity index (χ0v) is 22.1. The molecule has 0 bridgehead atoms. The SMILES string of the molecule is CCC(C)NC(=O)C(Cc1ccccc1)N(Cc1ccccc1C)C(=O)COc1ccc(C)cc1C. The minimum atomic E-state index is -0.670. The topological polar surface area (TPSA) is 58.6 Å². The molecular formula is C31H38N2O3. The third kappa shape index (κ3) is 7.45. The van der Waals surface area contributed by atoms with E-state index in [2.05, 4.69) is 5.32 Å². The number of carbonyl (C=O) groups is 2. The molecule has 2 unspecified atom stereocenters. The minimum absolute atomic E-state index is 0.0117. The van der Waals surface area contributed by atoms with Crippen molar-refractivity contribution in [1.82, 2.24) is 10.2 Å². The van der Waals surface area contributed by atoms with Gasteiger partial charge in [-0.25, -0.2) is 0 Å². The van der Waals surface area contributed by atoms with Gasteiger partial charge in [-0.05, 0) is 62.4 Å². The largest absolute Gasteiger partial charge is 0.483 e. The van der Waals surface area contributed by atoms with Gasteiger partial charge in [-0.3, -0.25) is 9.59 Å². The molecule has 0 saturated carbocycles. The van der Waals surface area contributed by atoms with Crippen molar-refractivity contribution in [3.63, 3.8) is 0 Å². The van der Waals surface area contributed by atoms with Crippen LogP contribution in [0.4, 0.5) is 0 Å². The van der Waals surface area contributed by atoms with Gasteiger partial charge in [0.15, 0.2) is 6.61 Å². The van der Waals surface area contributed by atoms with Gasteiger partial charge in [-0.15, -0.1) is 0 Å². The maximum Gasteiger partial charge on any atom is 0.261 e. The van der Waals surface area contributed by atoms with Gasteiger partial charge in [-0.2, -0.15) is 0 Å². The molecule has 0 aliphatic carbocycles. The van der Waals surface area contributed by atoms with Gasteiger partial charge in [0, 0.05) is 19.0 Å². The Hall–Kier alpha value is -3.60. The smallest absolute Gasteiger partial charge is 0.261 e. The monoisotopic (exact) mass is 486 g/mol. The lowest BCUT2D eigenvalue weighted by Crippen LogP contribution is -2.53. The van der Waals surface area contributed by atoms with E-state index in [0.29, 0.717) is 18.7 Å². The number of ether oxygens (including phenoxy) is 1. The van der Waals surface area contributed by atoms with E-state index in [1.54, 1.807) is 4.90 Å². The molecule has 3 rings (SSSR count). The molecule has 36 heavy (non-hydrogen) atoms. The number of nitrogens with one attached hydrogen (secondary N) is 1. The van der Waals surface area contributed by atoms with Gasteiger partial charge in [-0.1, -0.05) is 79.2 Å². The molecule has 5 heteroatoms. The molecule has 0 saturated heterocycles. The average molecular weight is 487 g/mol. The van der Waals surface area contributed by atoms with Crippen molar-refractivity contribution in [3.8, 4) is 5.75 Å². The highest BCUT2D eigenvalue weighted by molar-refractivity contribution is 5.88. The summed E-state index contributed by atoms with van der Waals surface area (Å²) in [5.74, 6) is 0.300. The third-order valence-electron chi connectivity index (χ3n) is 6.56. The molecule has 190 valence electrons. The summed E-state index contributed by atoms with van der Waals surface area (Å²) in [5.41, 5.74) is 5.19. The van der Waals surface area contributed by atoms with Crippen LogP contribution in [-0.4, -0.2) is 35.4 Å². The number of benzene rings is 3. The molecular weight excluding hydrogens is 448 g/mol. The molecule has 0 heterocycles. The highest BCUT2D eigenvalue weighted by atomic mass is 16.5. The number of rotatable bonds is 11. The Morgan fingerprint density at radius 1 is 0.917 bits per heavy atom. The molecule has 0 aliphatic heterocycles. The van der Waals surface area contributed by atoms with Crippen molar-refractivity contribution in [1.29, 1.82) is 0 Å². The quantitative estimate of drug-likeness (QED) is 0.387. The summed E-state index contributed by atoms with van der Waals surface area (Å²) in [6.45, 7) is 10.2. The highest BCUT2D eigenvalue weighted by Crippen LogP contribution is 2.21. The summed E-state index contributed by atoms with van der Waals surface area (Å²) in [6.07, 6.45) is 1.23. The molecule has 0 fully saturated rings. The number of hydrogen-bond donors (Lipinski definition) is 1. The Balaban J connectivity index is 1.93. The van der Waals surface area contributed by atoms with E-state index in [4.69, 9.17) is 4.74 Å². The Bertz CT molecular complexity index is 1160. The first-order chi connectivity index (χ1) is 17.3. The van der Waals surface area contributed by atoms with E-state index in [1.807, 2.05) is 107 Å². The Kier molecular flexibility index (Phi) is 9.69. The van der Waals surface area contributed by atoms with Gasteiger partial charge >= 0.3 is 0 Å². The van der Waals surface area contributed by atoms with E-state index in [0.717, 1.165) is 34.2 Å². The van der Waals surface area contributed by atoms with Crippen molar-refractivity contribution in [3.05, 3.63) is 101 Å². The number of amides is 2. The van der Waals surface area contributed by atoms with Crippen LogP contribution in [0.15, 0.2) is 72.8 Å². The Morgan fingerprint density at radius 2 is 1.61 bits per heavy atom. The first-order valence-corrected chi connectivity index (χ1v) is 12.7. The van der Waals surface area contributed by atoms with Crippen LogP contribution in [0.2, 0.25) is 0 Å². The van der Waals surface area contributed by atoms with Crippen molar-refractivity contribution in [2.24, 2.45) is 0 Å². The fraction of sp³-hybridized carbons (Fsp3) is 0.355. The second-order valence-corrected chi connectivity index (χ2v) is 9.53. The van der Waals surface area contributed by atoms with Crippen molar-refractivity contribution >= 4 is 11.8 Å². The maximum atomic E-state index is 13.7. The van der Waals surface area contributed by atoms with E-state index in [1.165, 1.54) is 0 Å². The van der Waals surface area contributed by atoms with E-state index < -0.39 is 6.04 Å². The predicted octanol–water partition coefficient (Wildman–Crippen LogP) is 5.55. The lowest BCUT2D eigenvalue weighted by molar-refractivity contribution is -0.143. The molecule has 0 aromatic heterocycles. The van der Waals surface area contributed by atoms with Crippen molar-refractivity contribution in [2.45, 2.75) is 66.1 Å². The van der Waals surface area contributed by atoms with Crippen LogP contribution in [0, 0.1) is 20.8 Å². The summed E-state index contributed by atoms with van der Waals surface area (Å²) < 4.78 is 5.96. The summed E-state index contributed by atoms with van der Waals surface area (Å²) >= 11 is 0. The second-order valence-electron chi connectivity index (χ2n) is 9.53. The summed E-state index contributed by atoms with van der Waals surface area (Å²) in [4.78, 5) is 29.0. The standard InChI is InChI=1S/C31H38N2O3/c1-6-25(5)32-31(35)28(19-26-13-8-7-9-14-26)33(20-27-15-11-10-12-23(27)3)30(34)21-36-29-17-16-22(2)18-24(29)4/h7-18,25,28H,6,19-21H2,1-5H3,(H,32,35). The van der Waals surface area contributed by atoms with Crippen molar-refractivity contribution < 1.29 is 14.3 Å². The molecule has 2 amide bonds. The molecule has 0 aliphatic rings. The van der Waals surface area contributed by atoms with Gasteiger partial charge in [0.1, 0.15) is 11.8 Å². The maximum absolute atomic E-state index is 13.7. The first kappa shape index (κ1) is 27.0. The Morgan fingerprint density at radius 3 is 2.28 bits per heavy atom. The molecule has 1 N–H and O–H groups in total. The van der Waals surface area contributed by atoms with E-state index >= 15 is 0 Å². The normalized spacial score (nSPS) is 12.5. The van der Waals surface area contributed by atoms with E-state index in [-0.39, 0.29) is 24.5 Å². The highest BCUT2D eigenvalue weighted by Gasteiger charge is 2.31. The summed E-state index contributed by atoms with van der Waals surface area (Å²) in [6, 6.07) is 23.0. The third-order valence-corrected chi connectivity index (χ3v) is 6.56. The van der Waals surface area contributed by atoms with Crippen LogP contribution >= 0.6 is 0 Å². The number of aryl methyl sites for hydroxylation is 3. The zero-order chi connectivity index (χ0) is 26.1. The fourth-order valence-electron chi connectivity index (χ4n) is 4.15. The lowest BCUT2D eigenvalue weighted by Gasteiger charge is -2.32. The van der Waals surface area contributed by atoms with E-state index in [9.17, 15) is 9.59 Å². The number of hydrogen-bond acceptors (Lipinski definition) is 3. The first-order valence-electron chi connectivity index (χ1n) is 12.7. The van der Waals surface area contributed by atoms with Crippen LogP contribution in [0.3, 0.4) is 0 Å². The minimum Gasteiger partial charge on any atom is -0.483 e. The molecule has 2 atom stereocenters. The van der Waals surface area contributed by atoms with Gasteiger partial charge in [0.05, 0.1) is 0 Å². The fourth-order valence-corrected chi connectivity index (χ4v) is 4.15. The van der Waals surface area contributed by atoms with Crippen LogP contribution in [-0.2, 0) is 22.6 Å². The molecule has 0 radical (unpaired) electrons. The average Bonchev–Trinajstić information content (AvgIpc) is 2.87. The molecule has 5 nitrogen and oxygen atoms in total. The zero-order valence-electron chi connectivity index (χ0n) is 22.1. The second kappa shape index (κ2) is 12.9. The molecule has 3 aromatic rings. The van der Waals surface area contributed by atoms with Crippen LogP contribution in [0.5, 0.6) is 5.75 Å². The van der Waals surface area contributed by atoms with Crippen LogP contribution < -0.4 is 10.1 Å². The molecule has 0 spiro atoms. The summed E-state index contributed by atoms with van der Waals surface area (Å²) in [7, 11) is 0. The van der Waals surface area contributed by atoms with Crippen molar-refractivity contribution in [2.75, 3.05) is 6.61 Å². The number of nitrogens with zero attached hydrogens (tertiary/aromatic N) is 1. The Labute approximate surface area is 215 Å². The van der Waals surface area contributed by atoms with Crippen LogP contribution in [0.25, 0.3) is 0 Å². The van der Waals surface area contributed by atoms with Gasteiger partial charge < -0.3 is 15.0 Å². The van der Waals surface area contributed by atoms with Gasteiger partial charge in [0.25, 0.3) is 5.91 Å². The lowest BCUT2D eigenvalue weighted by atomic mass is 10.0.